The van der Waals surface area contributed by atoms with Crippen LogP contribution in [0.15, 0.2) is 0 Å². The zero-order chi connectivity index (χ0) is 7.56. The van der Waals surface area contributed by atoms with E-state index in [1.54, 1.807) is 0 Å². The minimum Gasteiger partial charge on any atom is -0.391 e. The normalized spacial score (nSPS) is 20.2. The SMILES string of the molecule is CC(=O)NCC(O)C1CC1. The van der Waals surface area contributed by atoms with Crippen LogP contribution >= 0.6 is 0 Å². The van der Waals surface area contributed by atoms with E-state index < -0.39 is 0 Å². The van der Waals surface area contributed by atoms with E-state index in [-0.39, 0.29) is 12.0 Å². The van der Waals surface area contributed by atoms with Gasteiger partial charge in [-0.1, -0.05) is 0 Å². The highest BCUT2D eigenvalue weighted by Gasteiger charge is 2.29. The third-order valence-corrected chi connectivity index (χ3v) is 1.73. The summed E-state index contributed by atoms with van der Waals surface area (Å²) in [6.45, 7) is 1.87. The van der Waals surface area contributed by atoms with Gasteiger partial charge in [-0.15, -0.1) is 0 Å². The molecule has 1 amide bonds. The molecule has 0 aromatic rings. The van der Waals surface area contributed by atoms with Crippen LogP contribution in [-0.4, -0.2) is 23.7 Å². The fourth-order valence-electron chi connectivity index (χ4n) is 0.896. The number of amides is 1. The maximum absolute atomic E-state index is 10.4. The molecule has 0 radical (unpaired) electrons. The van der Waals surface area contributed by atoms with Crippen molar-refractivity contribution in [3.63, 3.8) is 0 Å². The molecule has 0 aliphatic heterocycles. The number of hydrogen-bond donors (Lipinski definition) is 2. The second kappa shape index (κ2) is 3.01. The number of hydrogen-bond acceptors (Lipinski definition) is 2. The van der Waals surface area contributed by atoms with E-state index >= 15 is 0 Å². The molecule has 1 fully saturated rings. The van der Waals surface area contributed by atoms with E-state index in [1.165, 1.54) is 6.92 Å². The summed E-state index contributed by atoms with van der Waals surface area (Å²) in [6.07, 6.45) is 1.91. The molecule has 1 atom stereocenters. The lowest BCUT2D eigenvalue weighted by Crippen LogP contribution is -2.31. The first-order valence-electron chi connectivity index (χ1n) is 3.62. The number of carbonyl (C=O) groups is 1. The van der Waals surface area contributed by atoms with Crippen molar-refractivity contribution in [3.05, 3.63) is 0 Å². The van der Waals surface area contributed by atoms with E-state index in [4.69, 9.17) is 0 Å². The molecule has 2 N–H and O–H groups in total. The average Bonchev–Trinajstić information content (AvgIpc) is 2.63. The summed E-state index contributed by atoms with van der Waals surface area (Å²) < 4.78 is 0. The van der Waals surface area contributed by atoms with Gasteiger partial charge < -0.3 is 10.4 Å². The molecule has 0 spiro atoms. The quantitative estimate of drug-likeness (QED) is 0.579. The van der Waals surface area contributed by atoms with Crippen LogP contribution in [0.5, 0.6) is 0 Å². The third kappa shape index (κ3) is 2.35. The molecular formula is C7H13NO2. The molecular weight excluding hydrogens is 130 g/mol. The monoisotopic (exact) mass is 143 g/mol. The molecule has 1 aliphatic rings. The van der Waals surface area contributed by atoms with Crippen LogP contribution < -0.4 is 5.32 Å². The van der Waals surface area contributed by atoms with Gasteiger partial charge in [-0.3, -0.25) is 4.79 Å². The smallest absolute Gasteiger partial charge is 0.216 e. The number of rotatable bonds is 3. The lowest BCUT2D eigenvalue weighted by Gasteiger charge is -2.07. The molecule has 58 valence electrons. The van der Waals surface area contributed by atoms with Crippen molar-refractivity contribution < 1.29 is 9.90 Å². The first-order valence-corrected chi connectivity index (χ1v) is 3.62. The summed E-state index contributed by atoms with van der Waals surface area (Å²) >= 11 is 0. The third-order valence-electron chi connectivity index (χ3n) is 1.73. The first kappa shape index (κ1) is 7.54. The lowest BCUT2D eigenvalue weighted by atomic mass is 10.2. The predicted molar refractivity (Wildman–Crippen MR) is 37.4 cm³/mol. The van der Waals surface area contributed by atoms with Crippen LogP contribution in [-0.2, 0) is 4.79 Å². The van der Waals surface area contributed by atoms with Gasteiger partial charge in [-0.2, -0.15) is 0 Å². The van der Waals surface area contributed by atoms with Gasteiger partial charge in [0.1, 0.15) is 0 Å². The molecule has 1 aliphatic carbocycles. The molecule has 0 aromatic heterocycles. The molecule has 0 heterocycles. The van der Waals surface area contributed by atoms with E-state index in [1.807, 2.05) is 0 Å². The molecule has 1 saturated carbocycles. The minimum atomic E-state index is -0.316. The van der Waals surface area contributed by atoms with Crippen molar-refractivity contribution in [2.24, 2.45) is 5.92 Å². The first-order chi connectivity index (χ1) is 4.70. The Morgan fingerprint density at radius 1 is 1.80 bits per heavy atom. The predicted octanol–water partition coefficient (Wildman–Crippen LogP) is -0.107. The largest absolute Gasteiger partial charge is 0.391 e. The minimum absolute atomic E-state index is 0.0697. The summed E-state index contributed by atoms with van der Waals surface area (Å²) in [5.41, 5.74) is 0. The van der Waals surface area contributed by atoms with Gasteiger partial charge in [0, 0.05) is 13.5 Å². The molecule has 3 heteroatoms. The maximum Gasteiger partial charge on any atom is 0.216 e. The molecule has 10 heavy (non-hydrogen) atoms. The Morgan fingerprint density at radius 2 is 2.40 bits per heavy atom. The second-order valence-corrected chi connectivity index (χ2v) is 2.84. The van der Waals surface area contributed by atoms with Crippen molar-refractivity contribution in [2.45, 2.75) is 25.9 Å². The maximum atomic E-state index is 10.4. The van der Waals surface area contributed by atoms with Crippen molar-refractivity contribution in [1.82, 2.24) is 5.32 Å². The Bertz CT molecular complexity index is 132. The zero-order valence-electron chi connectivity index (χ0n) is 6.13. The highest BCUT2D eigenvalue weighted by atomic mass is 16.3. The summed E-state index contributed by atoms with van der Waals surface area (Å²) in [6, 6.07) is 0. The Kier molecular flexibility index (Phi) is 2.27. The average molecular weight is 143 g/mol. The number of aliphatic hydroxyl groups excluding tert-OH is 1. The number of aliphatic hydroxyl groups is 1. The Labute approximate surface area is 60.4 Å². The van der Waals surface area contributed by atoms with E-state index in [2.05, 4.69) is 5.32 Å². The van der Waals surface area contributed by atoms with Gasteiger partial charge in [0.25, 0.3) is 0 Å². The molecule has 0 bridgehead atoms. The highest BCUT2D eigenvalue weighted by Crippen LogP contribution is 2.32. The molecule has 0 aromatic carbocycles. The Hall–Kier alpha value is -0.570. The van der Waals surface area contributed by atoms with Gasteiger partial charge in [-0.25, -0.2) is 0 Å². The standard InChI is InChI=1S/C7H13NO2/c1-5(9)8-4-7(10)6-2-3-6/h6-7,10H,2-4H2,1H3,(H,8,9). The fraction of sp³-hybridized carbons (Fsp3) is 0.857. The molecule has 0 saturated heterocycles. The van der Waals surface area contributed by atoms with E-state index in [0.717, 1.165) is 12.8 Å². The van der Waals surface area contributed by atoms with Crippen molar-refractivity contribution in [2.75, 3.05) is 6.54 Å². The van der Waals surface area contributed by atoms with Gasteiger partial charge in [0.2, 0.25) is 5.91 Å². The van der Waals surface area contributed by atoms with Gasteiger partial charge in [0.05, 0.1) is 6.10 Å². The summed E-state index contributed by atoms with van der Waals surface area (Å²) in [5.74, 6) is 0.381. The lowest BCUT2D eigenvalue weighted by molar-refractivity contribution is -0.119. The zero-order valence-corrected chi connectivity index (χ0v) is 6.13. The summed E-state index contributed by atoms with van der Waals surface area (Å²) in [4.78, 5) is 10.4. The highest BCUT2D eigenvalue weighted by molar-refractivity contribution is 5.72. The number of nitrogens with one attached hydrogen (secondary N) is 1. The second-order valence-electron chi connectivity index (χ2n) is 2.84. The van der Waals surface area contributed by atoms with Crippen LogP contribution in [0, 0.1) is 5.92 Å². The Morgan fingerprint density at radius 3 is 2.80 bits per heavy atom. The fourth-order valence-corrected chi connectivity index (χ4v) is 0.896. The topological polar surface area (TPSA) is 49.3 Å². The summed E-state index contributed by atoms with van der Waals surface area (Å²) in [5, 5.41) is 11.8. The molecule has 1 rings (SSSR count). The van der Waals surface area contributed by atoms with E-state index in [0.29, 0.717) is 12.5 Å². The van der Waals surface area contributed by atoms with Gasteiger partial charge in [-0.05, 0) is 18.8 Å². The van der Waals surface area contributed by atoms with Crippen LogP contribution in [0.1, 0.15) is 19.8 Å². The summed E-state index contributed by atoms with van der Waals surface area (Å²) in [7, 11) is 0. The van der Waals surface area contributed by atoms with Gasteiger partial charge >= 0.3 is 0 Å². The van der Waals surface area contributed by atoms with Crippen molar-refractivity contribution >= 4 is 5.91 Å². The van der Waals surface area contributed by atoms with Crippen molar-refractivity contribution in [3.8, 4) is 0 Å². The van der Waals surface area contributed by atoms with E-state index in [9.17, 15) is 9.90 Å². The van der Waals surface area contributed by atoms with Crippen LogP contribution in [0.25, 0.3) is 0 Å². The van der Waals surface area contributed by atoms with Crippen molar-refractivity contribution in [1.29, 1.82) is 0 Å². The van der Waals surface area contributed by atoms with Crippen LogP contribution in [0.2, 0.25) is 0 Å². The molecule has 1 unspecified atom stereocenters. The Balaban J connectivity index is 2.05. The van der Waals surface area contributed by atoms with Gasteiger partial charge in [0.15, 0.2) is 0 Å². The molecule has 3 nitrogen and oxygen atoms in total. The number of carbonyl (C=O) groups excluding carboxylic acids is 1. The van der Waals surface area contributed by atoms with Crippen LogP contribution in [0.4, 0.5) is 0 Å². The van der Waals surface area contributed by atoms with Crippen LogP contribution in [0.3, 0.4) is 0 Å².